The molecule has 0 aromatic carbocycles. The lowest BCUT2D eigenvalue weighted by atomic mass is 10.2. The Bertz CT molecular complexity index is 661. The van der Waals surface area contributed by atoms with Gasteiger partial charge >= 0.3 is 29.8 Å². The Morgan fingerprint density at radius 2 is 0.895 bits per heavy atom. The van der Waals surface area contributed by atoms with E-state index in [4.69, 9.17) is 65.0 Å². The minimum atomic E-state index is -1.17. The second kappa shape index (κ2) is 27.3. The molecule has 18 nitrogen and oxygen atoms in total. The monoisotopic (exact) mass is 594 g/mol. The van der Waals surface area contributed by atoms with Crippen molar-refractivity contribution in [2.75, 3.05) is 24.7 Å². The molecule has 1 amide bonds. The second-order valence-electron chi connectivity index (χ2n) is 6.80. The van der Waals surface area contributed by atoms with Crippen LogP contribution < -0.4 is 34.4 Å². The molecule has 0 fully saturated rings. The van der Waals surface area contributed by atoms with E-state index in [0.29, 0.717) is 6.54 Å². The van der Waals surface area contributed by atoms with Gasteiger partial charge in [0.25, 0.3) is 0 Å². The Morgan fingerprint density at radius 3 is 1.11 bits per heavy atom. The number of carbonyl (C=O) groups is 6. The maximum absolute atomic E-state index is 10.3. The third-order valence-corrected chi connectivity index (χ3v) is 5.82. The zero-order valence-corrected chi connectivity index (χ0v) is 22.0. The lowest BCUT2D eigenvalue weighted by molar-refractivity contribution is -0.141. The molecule has 0 aromatic rings. The van der Waals surface area contributed by atoms with Gasteiger partial charge in [-0.3, -0.25) is 28.8 Å². The van der Waals surface area contributed by atoms with E-state index < -0.39 is 59.9 Å². The molecule has 0 saturated heterocycles. The van der Waals surface area contributed by atoms with Crippen molar-refractivity contribution < 1.29 is 59.4 Å². The van der Waals surface area contributed by atoms with E-state index in [0.717, 1.165) is 0 Å². The highest BCUT2D eigenvalue weighted by Crippen LogP contribution is 2.22. The summed E-state index contributed by atoms with van der Waals surface area (Å²) in [5.74, 6) is -5.52. The number of rotatable bonds is 16. The van der Waals surface area contributed by atoms with Crippen LogP contribution in [0.5, 0.6) is 0 Å². The second-order valence-corrected chi connectivity index (χ2v) is 9.35. The molecule has 0 saturated carbocycles. The number of aliphatic carboxylic acids is 5. The van der Waals surface area contributed by atoms with Crippen LogP contribution in [0.1, 0.15) is 25.7 Å². The summed E-state index contributed by atoms with van der Waals surface area (Å²) in [6, 6.07) is -3.88. The smallest absolute Gasteiger partial charge is 0.321 e. The molecule has 224 valence electrons. The molecular formula is C18H38N6O12S2. The standard InChI is InChI=1S/C6H12N2O4S2.C5H10N2O3.C5H9NO4.C2H7NO/c7-3(5(9)10)1-13-14-2-4(8)6(11)12;2*6-3(5(9)10)1-2-4(7)8;3-1-2-4/h3-4H,1-2,7-8H2,(H,9,10)(H,11,12);3H,1-2,6H2,(H2,7,8)(H,9,10);3H,1-2,6H2,(H,7,8)(H,9,10);4H,1-3H2/t3-,4-;2*3-;/m000./s1. The van der Waals surface area contributed by atoms with Gasteiger partial charge in [0.05, 0.1) is 6.61 Å². The molecule has 0 rings (SSSR count). The molecule has 0 aliphatic heterocycles. The number of aliphatic hydroxyl groups excluding tert-OH is 1. The van der Waals surface area contributed by atoms with Gasteiger partial charge in [0, 0.05) is 30.9 Å². The number of aliphatic hydroxyl groups is 1. The van der Waals surface area contributed by atoms with Crippen molar-refractivity contribution in [1.29, 1.82) is 0 Å². The van der Waals surface area contributed by atoms with Crippen LogP contribution in [0.15, 0.2) is 0 Å². The van der Waals surface area contributed by atoms with Gasteiger partial charge in [0.15, 0.2) is 0 Å². The summed E-state index contributed by atoms with van der Waals surface area (Å²) in [6.45, 7) is 0.472. The maximum Gasteiger partial charge on any atom is 0.321 e. The highest BCUT2D eigenvalue weighted by atomic mass is 33.1. The van der Waals surface area contributed by atoms with Gasteiger partial charge < -0.3 is 65.0 Å². The molecule has 0 unspecified atom stereocenters. The van der Waals surface area contributed by atoms with Crippen molar-refractivity contribution in [3.63, 3.8) is 0 Å². The largest absolute Gasteiger partial charge is 0.481 e. The van der Waals surface area contributed by atoms with Crippen LogP contribution in [0.4, 0.5) is 0 Å². The highest BCUT2D eigenvalue weighted by molar-refractivity contribution is 8.76. The average Bonchev–Trinajstić information content (AvgIpc) is 2.83. The summed E-state index contributed by atoms with van der Waals surface area (Å²) in [4.78, 5) is 60.5. The van der Waals surface area contributed by atoms with Gasteiger partial charge in [0.2, 0.25) is 5.91 Å². The topological polar surface area (TPSA) is 380 Å². The third-order valence-electron chi connectivity index (χ3n) is 3.35. The summed E-state index contributed by atoms with van der Waals surface area (Å²) < 4.78 is 0. The van der Waals surface area contributed by atoms with E-state index >= 15 is 0 Å². The van der Waals surface area contributed by atoms with Crippen LogP contribution in [0.2, 0.25) is 0 Å². The first-order valence-electron chi connectivity index (χ1n) is 10.4. The van der Waals surface area contributed by atoms with Crippen molar-refractivity contribution in [1.82, 2.24) is 0 Å². The third kappa shape index (κ3) is 35.4. The van der Waals surface area contributed by atoms with Gasteiger partial charge in [-0.25, -0.2) is 0 Å². The number of nitrogens with two attached hydrogens (primary N) is 6. The van der Waals surface area contributed by atoms with Crippen LogP contribution in [0, 0.1) is 0 Å². The molecule has 0 spiro atoms. The predicted molar refractivity (Wildman–Crippen MR) is 139 cm³/mol. The minimum Gasteiger partial charge on any atom is -0.481 e. The first-order valence-corrected chi connectivity index (χ1v) is 12.9. The van der Waals surface area contributed by atoms with Gasteiger partial charge in [-0.15, -0.1) is 0 Å². The molecule has 0 heterocycles. The van der Waals surface area contributed by atoms with Crippen molar-refractivity contribution in [3.8, 4) is 0 Å². The number of carboxylic acids is 5. The molecule has 18 N–H and O–H groups in total. The van der Waals surface area contributed by atoms with Crippen molar-refractivity contribution in [2.24, 2.45) is 34.4 Å². The van der Waals surface area contributed by atoms with Gasteiger partial charge in [-0.1, -0.05) is 21.6 Å². The predicted octanol–water partition coefficient (Wildman–Crippen LogP) is -3.94. The number of hydrogen-bond acceptors (Lipinski definition) is 14. The first kappa shape index (κ1) is 42.4. The zero-order chi connectivity index (χ0) is 30.8. The average molecular weight is 595 g/mol. The van der Waals surface area contributed by atoms with E-state index in [2.05, 4.69) is 0 Å². The number of primary amides is 1. The summed E-state index contributed by atoms with van der Waals surface area (Å²) in [5.41, 5.74) is 30.0. The number of amides is 1. The van der Waals surface area contributed by atoms with E-state index in [1.54, 1.807) is 0 Å². The van der Waals surface area contributed by atoms with Crippen LogP contribution >= 0.6 is 21.6 Å². The van der Waals surface area contributed by atoms with E-state index in [1.165, 1.54) is 21.6 Å². The van der Waals surface area contributed by atoms with Crippen LogP contribution in [0.25, 0.3) is 0 Å². The van der Waals surface area contributed by atoms with E-state index in [1.807, 2.05) is 0 Å². The molecule has 0 aromatic heterocycles. The Morgan fingerprint density at radius 1 is 0.605 bits per heavy atom. The number of hydrogen-bond donors (Lipinski definition) is 12. The summed E-state index contributed by atoms with van der Waals surface area (Å²) in [7, 11) is 2.41. The lowest BCUT2D eigenvalue weighted by Gasteiger charge is -2.07. The van der Waals surface area contributed by atoms with Crippen LogP contribution in [-0.4, -0.2) is 115 Å². The minimum absolute atomic E-state index is 0.0213. The first-order chi connectivity index (χ1) is 17.4. The van der Waals surface area contributed by atoms with Gasteiger partial charge in [0.1, 0.15) is 24.2 Å². The van der Waals surface area contributed by atoms with E-state index in [9.17, 15) is 28.8 Å². The molecule has 38 heavy (non-hydrogen) atoms. The molecule has 0 radical (unpaired) electrons. The number of carboxylic acid groups (broad SMARTS) is 5. The molecule has 20 heteroatoms. The summed E-state index contributed by atoms with van der Waals surface area (Å²) in [5, 5.41) is 49.1. The molecule has 4 atom stereocenters. The summed E-state index contributed by atoms with van der Waals surface area (Å²) >= 11 is 0. The fourth-order valence-corrected chi connectivity index (χ4v) is 3.44. The van der Waals surface area contributed by atoms with E-state index in [-0.39, 0.29) is 43.8 Å². The molecule has 0 aliphatic rings. The SMILES string of the molecule is NC(=O)CC[C@H](N)C(=O)O.NCCO.N[C@@H](CCC(=O)O)C(=O)O.N[C@@H](CSSC[C@H](N)C(=O)O)C(=O)O. The quantitative estimate of drug-likeness (QED) is 0.0598. The number of carbonyl (C=O) groups excluding carboxylic acids is 1. The normalized spacial score (nSPS) is 12.8. The Hall–Kier alpha value is -2.72. The fraction of sp³-hybridized carbons (Fsp3) is 0.667. The Balaban J connectivity index is -0.000000216. The molecule has 0 aliphatic carbocycles. The molecule has 0 bridgehead atoms. The van der Waals surface area contributed by atoms with Crippen LogP contribution in [0.3, 0.4) is 0 Å². The Kier molecular flexibility index (Phi) is 30.5. The molecular weight excluding hydrogens is 556 g/mol. The van der Waals surface area contributed by atoms with Crippen molar-refractivity contribution in [3.05, 3.63) is 0 Å². The van der Waals surface area contributed by atoms with Crippen molar-refractivity contribution >= 4 is 57.3 Å². The zero-order valence-electron chi connectivity index (χ0n) is 20.4. The van der Waals surface area contributed by atoms with Crippen molar-refractivity contribution in [2.45, 2.75) is 49.9 Å². The maximum atomic E-state index is 10.3. The lowest BCUT2D eigenvalue weighted by Crippen LogP contribution is -2.33. The van der Waals surface area contributed by atoms with Gasteiger partial charge in [-0.05, 0) is 12.8 Å². The Labute approximate surface area is 225 Å². The van der Waals surface area contributed by atoms with Crippen LogP contribution in [-0.2, 0) is 28.8 Å². The van der Waals surface area contributed by atoms with Gasteiger partial charge in [-0.2, -0.15) is 0 Å². The highest BCUT2D eigenvalue weighted by Gasteiger charge is 2.14. The fourth-order valence-electron chi connectivity index (χ4n) is 1.21. The summed E-state index contributed by atoms with van der Waals surface area (Å²) in [6.07, 6.45) is -0.101.